The third kappa shape index (κ3) is 1.90. The Balaban J connectivity index is 2.07. The molecule has 0 bridgehead atoms. The molecule has 3 nitrogen and oxygen atoms in total. The molecule has 15 heavy (non-hydrogen) atoms. The zero-order valence-electron chi connectivity index (χ0n) is 9.57. The van der Waals surface area contributed by atoms with Crippen LogP contribution in [0.4, 0.5) is 0 Å². The van der Waals surface area contributed by atoms with Gasteiger partial charge in [0.25, 0.3) is 0 Å². The first-order valence-electron chi connectivity index (χ1n) is 5.45. The summed E-state index contributed by atoms with van der Waals surface area (Å²) in [7, 11) is 0. The van der Waals surface area contributed by atoms with Gasteiger partial charge in [-0.2, -0.15) is 10.4 Å². The van der Waals surface area contributed by atoms with Crippen LogP contribution in [0.15, 0.2) is 12.4 Å². The highest BCUT2D eigenvalue weighted by Gasteiger charge is 2.31. The van der Waals surface area contributed by atoms with Crippen molar-refractivity contribution in [2.24, 2.45) is 5.92 Å². The van der Waals surface area contributed by atoms with Gasteiger partial charge >= 0.3 is 0 Å². The molecule has 1 aliphatic rings. The van der Waals surface area contributed by atoms with E-state index < -0.39 is 0 Å². The monoisotopic (exact) mass is 203 g/mol. The Morgan fingerprint density at radius 1 is 1.47 bits per heavy atom. The molecule has 0 aromatic carbocycles. The lowest BCUT2D eigenvalue weighted by molar-refractivity contribution is 0.230. The maximum absolute atomic E-state index is 8.71. The lowest BCUT2D eigenvalue weighted by Crippen LogP contribution is -2.26. The fraction of sp³-hybridized carbons (Fsp3) is 0.667. The van der Waals surface area contributed by atoms with E-state index in [-0.39, 0.29) is 11.3 Å². The lowest BCUT2D eigenvalue weighted by atomic mass is 9.81. The molecule has 0 amide bonds. The number of hydrogen-bond donors (Lipinski definition) is 0. The standard InChI is InChI=1S/C12H17N3/c1-12(2,3)10-7-14-15(8-10)11-4-9(5-11)6-13/h7-9,11H,4-5H2,1-3H3. The van der Waals surface area contributed by atoms with Crippen LogP contribution in [0.5, 0.6) is 0 Å². The van der Waals surface area contributed by atoms with Crippen molar-refractivity contribution in [3.05, 3.63) is 18.0 Å². The van der Waals surface area contributed by atoms with Crippen LogP contribution in [0.3, 0.4) is 0 Å². The van der Waals surface area contributed by atoms with Crippen molar-refractivity contribution in [3.63, 3.8) is 0 Å². The highest BCUT2D eigenvalue weighted by atomic mass is 15.3. The van der Waals surface area contributed by atoms with Gasteiger partial charge < -0.3 is 0 Å². The summed E-state index contributed by atoms with van der Waals surface area (Å²) in [4.78, 5) is 0. The lowest BCUT2D eigenvalue weighted by Gasteiger charge is -2.30. The van der Waals surface area contributed by atoms with Crippen LogP contribution >= 0.6 is 0 Å². The zero-order chi connectivity index (χ0) is 11.1. The van der Waals surface area contributed by atoms with Gasteiger partial charge in [-0.3, -0.25) is 4.68 Å². The summed E-state index contributed by atoms with van der Waals surface area (Å²) in [6, 6.07) is 2.75. The molecule has 0 spiro atoms. The van der Waals surface area contributed by atoms with Gasteiger partial charge in [0, 0.05) is 6.20 Å². The van der Waals surface area contributed by atoms with Crippen LogP contribution < -0.4 is 0 Å². The zero-order valence-corrected chi connectivity index (χ0v) is 9.57. The first-order chi connectivity index (χ1) is 7.00. The summed E-state index contributed by atoms with van der Waals surface area (Å²) in [6.45, 7) is 6.56. The van der Waals surface area contributed by atoms with Crippen LogP contribution in [0.25, 0.3) is 0 Å². The van der Waals surface area contributed by atoms with Gasteiger partial charge in [-0.05, 0) is 23.8 Å². The molecule has 80 valence electrons. The minimum absolute atomic E-state index is 0.163. The van der Waals surface area contributed by atoms with Gasteiger partial charge in [0.2, 0.25) is 0 Å². The van der Waals surface area contributed by atoms with Crippen molar-refractivity contribution in [1.82, 2.24) is 9.78 Å². The second kappa shape index (κ2) is 3.37. The Labute approximate surface area is 90.7 Å². The average molecular weight is 203 g/mol. The highest BCUT2D eigenvalue weighted by Crippen LogP contribution is 2.37. The van der Waals surface area contributed by atoms with Crippen LogP contribution in [-0.2, 0) is 5.41 Å². The van der Waals surface area contributed by atoms with Crippen molar-refractivity contribution < 1.29 is 0 Å². The Morgan fingerprint density at radius 2 is 2.13 bits per heavy atom. The molecular weight excluding hydrogens is 186 g/mol. The Bertz CT molecular complexity index is 386. The third-order valence-electron chi connectivity index (χ3n) is 3.14. The van der Waals surface area contributed by atoms with E-state index >= 15 is 0 Å². The molecule has 1 aliphatic carbocycles. The minimum atomic E-state index is 0.163. The highest BCUT2D eigenvalue weighted by molar-refractivity contribution is 5.16. The maximum Gasteiger partial charge on any atom is 0.0657 e. The second-order valence-electron chi connectivity index (χ2n) is 5.41. The van der Waals surface area contributed by atoms with Crippen molar-refractivity contribution in [3.8, 4) is 6.07 Å². The molecule has 2 rings (SSSR count). The molecule has 0 radical (unpaired) electrons. The van der Waals surface area contributed by atoms with Gasteiger partial charge in [-0.25, -0.2) is 0 Å². The number of aromatic nitrogens is 2. The van der Waals surface area contributed by atoms with Crippen LogP contribution in [0, 0.1) is 17.2 Å². The van der Waals surface area contributed by atoms with E-state index in [1.807, 2.05) is 10.9 Å². The van der Waals surface area contributed by atoms with E-state index in [0.717, 1.165) is 12.8 Å². The summed E-state index contributed by atoms with van der Waals surface area (Å²) < 4.78 is 2.02. The van der Waals surface area contributed by atoms with E-state index in [4.69, 9.17) is 5.26 Å². The first kappa shape index (κ1) is 10.2. The van der Waals surface area contributed by atoms with Crippen LogP contribution in [-0.4, -0.2) is 9.78 Å². The fourth-order valence-electron chi connectivity index (χ4n) is 1.83. The van der Waals surface area contributed by atoms with E-state index in [1.165, 1.54) is 5.56 Å². The van der Waals surface area contributed by atoms with Gasteiger partial charge in [-0.15, -0.1) is 0 Å². The molecular formula is C12H17N3. The van der Waals surface area contributed by atoms with Crippen molar-refractivity contribution in [1.29, 1.82) is 5.26 Å². The SMILES string of the molecule is CC(C)(C)c1cnn(C2CC(C#N)C2)c1. The predicted molar refractivity (Wildman–Crippen MR) is 58.3 cm³/mol. The predicted octanol–water partition coefficient (Wildman–Crippen LogP) is 2.66. The average Bonchev–Trinajstić information content (AvgIpc) is 2.50. The topological polar surface area (TPSA) is 41.6 Å². The fourth-order valence-corrected chi connectivity index (χ4v) is 1.83. The van der Waals surface area contributed by atoms with Crippen molar-refractivity contribution in [2.45, 2.75) is 45.1 Å². The molecule has 0 atom stereocenters. The van der Waals surface area contributed by atoms with E-state index in [0.29, 0.717) is 6.04 Å². The summed E-state index contributed by atoms with van der Waals surface area (Å²) >= 11 is 0. The van der Waals surface area contributed by atoms with Crippen molar-refractivity contribution in [2.75, 3.05) is 0 Å². The van der Waals surface area contributed by atoms with Gasteiger partial charge in [-0.1, -0.05) is 20.8 Å². The van der Waals surface area contributed by atoms with E-state index in [2.05, 4.69) is 38.1 Å². The number of nitrogens with zero attached hydrogens (tertiary/aromatic N) is 3. The molecule has 1 fully saturated rings. The van der Waals surface area contributed by atoms with Gasteiger partial charge in [0.1, 0.15) is 0 Å². The normalized spacial score (nSPS) is 25.7. The Kier molecular flexibility index (Phi) is 2.30. The third-order valence-corrected chi connectivity index (χ3v) is 3.14. The van der Waals surface area contributed by atoms with E-state index in [1.54, 1.807) is 0 Å². The molecule has 0 saturated heterocycles. The summed E-state index contributed by atoms with van der Waals surface area (Å²) in [5.41, 5.74) is 1.43. The molecule has 3 heteroatoms. The van der Waals surface area contributed by atoms with E-state index in [9.17, 15) is 0 Å². The minimum Gasteiger partial charge on any atom is -0.269 e. The number of rotatable bonds is 1. The molecule has 1 aromatic heterocycles. The summed E-state index contributed by atoms with van der Waals surface area (Å²) in [5.74, 6) is 0.247. The quantitative estimate of drug-likeness (QED) is 0.704. The molecule has 0 unspecified atom stereocenters. The van der Waals surface area contributed by atoms with Gasteiger partial charge in [0.05, 0.1) is 24.2 Å². The molecule has 1 saturated carbocycles. The Hall–Kier alpha value is -1.30. The first-order valence-corrected chi connectivity index (χ1v) is 5.45. The second-order valence-corrected chi connectivity index (χ2v) is 5.41. The summed E-state index contributed by atoms with van der Waals surface area (Å²) in [5, 5.41) is 13.1. The largest absolute Gasteiger partial charge is 0.269 e. The van der Waals surface area contributed by atoms with Crippen LogP contribution in [0.2, 0.25) is 0 Å². The molecule has 0 N–H and O–H groups in total. The smallest absolute Gasteiger partial charge is 0.0657 e. The maximum atomic E-state index is 8.71. The Morgan fingerprint density at radius 3 is 2.60 bits per heavy atom. The number of hydrogen-bond acceptors (Lipinski definition) is 2. The van der Waals surface area contributed by atoms with Crippen molar-refractivity contribution >= 4 is 0 Å². The molecule has 0 aliphatic heterocycles. The molecule has 1 heterocycles. The molecule has 1 aromatic rings. The van der Waals surface area contributed by atoms with Gasteiger partial charge in [0.15, 0.2) is 0 Å². The van der Waals surface area contributed by atoms with Crippen LogP contribution in [0.1, 0.15) is 45.2 Å². The summed E-state index contributed by atoms with van der Waals surface area (Å²) in [6.07, 6.45) is 5.99. The number of nitriles is 1.